The van der Waals surface area contributed by atoms with Gasteiger partial charge in [0.2, 0.25) is 0 Å². The van der Waals surface area contributed by atoms with Gasteiger partial charge in [0.25, 0.3) is 0 Å². The van der Waals surface area contributed by atoms with E-state index >= 15 is 0 Å². The molecule has 0 saturated heterocycles. The molecule has 1 N–H and O–H groups in total. The Morgan fingerprint density at radius 1 is 1.21 bits per heavy atom. The van der Waals surface area contributed by atoms with Crippen LogP contribution < -0.4 is 5.32 Å². The molecule has 0 bridgehead atoms. The zero-order valence-electron chi connectivity index (χ0n) is 13.5. The van der Waals surface area contributed by atoms with Crippen molar-refractivity contribution in [2.24, 2.45) is 5.41 Å². The van der Waals surface area contributed by atoms with E-state index in [9.17, 15) is 0 Å². The Balaban J connectivity index is 2.55. The minimum atomic E-state index is 0.492. The molecule has 3 heteroatoms. The molecule has 3 nitrogen and oxygen atoms in total. The van der Waals surface area contributed by atoms with Crippen molar-refractivity contribution in [3.8, 4) is 0 Å². The first-order chi connectivity index (χ1) is 9.12. The lowest BCUT2D eigenvalue weighted by molar-refractivity contribution is 0.0806. The van der Waals surface area contributed by atoms with E-state index in [0.717, 1.165) is 19.7 Å². The van der Waals surface area contributed by atoms with E-state index in [1.54, 1.807) is 7.11 Å². The second-order valence-corrected chi connectivity index (χ2v) is 6.46. The lowest BCUT2D eigenvalue weighted by Gasteiger charge is -2.41. The molecule has 114 valence electrons. The molecule has 0 amide bonds. The Morgan fingerprint density at radius 3 is 2.42 bits per heavy atom. The van der Waals surface area contributed by atoms with Crippen LogP contribution in [0.15, 0.2) is 0 Å². The third-order valence-corrected chi connectivity index (χ3v) is 4.42. The minimum Gasteiger partial charge on any atom is -0.383 e. The lowest BCUT2D eigenvalue weighted by Crippen LogP contribution is -2.47. The summed E-state index contributed by atoms with van der Waals surface area (Å²) in [7, 11) is 1.80. The number of hydrogen-bond donors (Lipinski definition) is 1. The topological polar surface area (TPSA) is 24.5 Å². The highest BCUT2D eigenvalue weighted by atomic mass is 16.5. The molecule has 1 saturated carbocycles. The van der Waals surface area contributed by atoms with Gasteiger partial charge in [-0.05, 0) is 24.8 Å². The quantitative estimate of drug-likeness (QED) is 0.697. The molecule has 0 aliphatic heterocycles. The van der Waals surface area contributed by atoms with Crippen LogP contribution in [-0.2, 0) is 4.74 Å². The average Bonchev–Trinajstić information content (AvgIpc) is 2.42. The van der Waals surface area contributed by atoms with E-state index in [1.807, 2.05) is 0 Å². The van der Waals surface area contributed by atoms with E-state index in [0.29, 0.717) is 11.5 Å². The third-order valence-electron chi connectivity index (χ3n) is 4.42. The summed E-state index contributed by atoms with van der Waals surface area (Å²) in [5.74, 6) is 0. The summed E-state index contributed by atoms with van der Waals surface area (Å²) in [6, 6.07) is 0.591. The maximum absolute atomic E-state index is 5.24. The standard InChI is InChI=1S/C16H34N2O/c1-5-18(11-12-19-4)14-16(13-17-15(2)3)9-7-6-8-10-16/h15,17H,5-14H2,1-4H3. The Morgan fingerprint density at radius 2 is 1.89 bits per heavy atom. The van der Waals surface area contributed by atoms with Gasteiger partial charge in [-0.1, -0.05) is 40.0 Å². The number of nitrogens with one attached hydrogen (secondary N) is 1. The van der Waals surface area contributed by atoms with Gasteiger partial charge in [0, 0.05) is 32.8 Å². The summed E-state index contributed by atoms with van der Waals surface area (Å²) in [5, 5.41) is 3.68. The van der Waals surface area contributed by atoms with Gasteiger partial charge >= 0.3 is 0 Å². The van der Waals surface area contributed by atoms with Gasteiger partial charge in [-0.3, -0.25) is 0 Å². The molecular formula is C16H34N2O. The molecule has 0 aromatic rings. The molecule has 19 heavy (non-hydrogen) atoms. The number of rotatable bonds is 9. The number of ether oxygens (including phenoxy) is 1. The first-order valence-electron chi connectivity index (χ1n) is 8.06. The van der Waals surface area contributed by atoms with Crippen LogP contribution in [0, 0.1) is 5.41 Å². The van der Waals surface area contributed by atoms with Crippen LogP contribution in [0.5, 0.6) is 0 Å². The summed E-state index contributed by atoms with van der Waals surface area (Å²) in [6.07, 6.45) is 7.00. The molecule has 0 aromatic carbocycles. The molecule has 0 radical (unpaired) electrons. The fraction of sp³-hybridized carbons (Fsp3) is 1.00. The highest BCUT2D eigenvalue weighted by molar-refractivity contribution is 4.88. The molecule has 1 aliphatic rings. The maximum Gasteiger partial charge on any atom is 0.0589 e. The van der Waals surface area contributed by atoms with Crippen LogP contribution in [0.25, 0.3) is 0 Å². The minimum absolute atomic E-state index is 0.492. The van der Waals surface area contributed by atoms with Crippen molar-refractivity contribution in [3.05, 3.63) is 0 Å². The monoisotopic (exact) mass is 270 g/mol. The van der Waals surface area contributed by atoms with Gasteiger partial charge in [-0.15, -0.1) is 0 Å². The van der Waals surface area contributed by atoms with Gasteiger partial charge in [-0.25, -0.2) is 0 Å². The Hall–Kier alpha value is -0.120. The molecule has 0 atom stereocenters. The van der Waals surface area contributed by atoms with Crippen molar-refractivity contribution in [1.82, 2.24) is 10.2 Å². The molecule has 0 unspecified atom stereocenters. The summed E-state index contributed by atoms with van der Waals surface area (Å²) in [6.45, 7) is 12.2. The van der Waals surface area contributed by atoms with E-state index in [2.05, 4.69) is 31.0 Å². The summed E-state index contributed by atoms with van der Waals surface area (Å²) in [5.41, 5.74) is 0.492. The van der Waals surface area contributed by atoms with Crippen LogP contribution in [-0.4, -0.2) is 50.8 Å². The van der Waals surface area contributed by atoms with Crippen molar-refractivity contribution < 1.29 is 4.74 Å². The summed E-state index contributed by atoms with van der Waals surface area (Å²) in [4.78, 5) is 2.57. The van der Waals surface area contributed by atoms with Crippen LogP contribution >= 0.6 is 0 Å². The Kier molecular flexibility index (Phi) is 7.96. The second-order valence-electron chi connectivity index (χ2n) is 6.46. The number of nitrogens with zero attached hydrogens (tertiary/aromatic N) is 1. The molecule has 0 heterocycles. The summed E-state index contributed by atoms with van der Waals surface area (Å²) < 4.78 is 5.24. The highest BCUT2D eigenvalue weighted by Gasteiger charge is 2.33. The molecule has 1 rings (SSSR count). The normalized spacial score (nSPS) is 19.3. The van der Waals surface area contributed by atoms with Crippen molar-refractivity contribution in [2.45, 2.75) is 58.9 Å². The smallest absolute Gasteiger partial charge is 0.0589 e. The van der Waals surface area contributed by atoms with Gasteiger partial charge in [0.05, 0.1) is 6.61 Å². The van der Waals surface area contributed by atoms with Crippen molar-refractivity contribution in [2.75, 3.05) is 39.9 Å². The SMILES string of the molecule is CCN(CCOC)CC1(CNC(C)C)CCCCC1. The van der Waals surface area contributed by atoms with E-state index in [-0.39, 0.29) is 0 Å². The maximum atomic E-state index is 5.24. The highest BCUT2D eigenvalue weighted by Crippen LogP contribution is 2.36. The number of hydrogen-bond acceptors (Lipinski definition) is 3. The van der Waals surface area contributed by atoms with E-state index in [1.165, 1.54) is 45.2 Å². The number of methoxy groups -OCH3 is 1. The van der Waals surface area contributed by atoms with Crippen molar-refractivity contribution in [3.63, 3.8) is 0 Å². The molecule has 0 spiro atoms. The first kappa shape index (κ1) is 16.9. The molecule has 1 aliphatic carbocycles. The zero-order chi connectivity index (χ0) is 14.1. The molecular weight excluding hydrogens is 236 g/mol. The van der Waals surface area contributed by atoms with Crippen LogP contribution in [0.1, 0.15) is 52.9 Å². The predicted octanol–water partition coefficient (Wildman–Crippen LogP) is 2.90. The lowest BCUT2D eigenvalue weighted by atomic mass is 9.73. The first-order valence-corrected chi connectivity index (χ1v) is 8.06. The van der Waals surface area contributed by atoms with Gasteiger partial charge in [-0.2, -0.15) is 0 Å². The fourth-order valence-electron chi connectivity index (χ4n) is 3.16. The zero-order valence-corrected chi connectivity index (χ0v) is 13.5. The predicted molar refractivity (Wildman–Crippen MR) is 82.6 cm³/mol. The molecule has 0 aromatic heterocycles. The Labute approximate surface area is 120 Å². The average molecular weight is 270 g/mol. The fourth-order valence-corrected chi connectivity index (χ4v) is 3.16. The second kappa shape index (κ2) is 8.93. The van der Waals surface area contributed by atoms with E-state index < -0.39 is 0 Å². The van der Waals surface area contributed by atoms with Gasteiger partial charge in [0.15, 0.2) is 0 Å². The van der Waals surface area contributed by atoms with Gasteiger partial charge < -0.3 is 15.0 Å². The van der Waals surface area contributed by atoms with Crippen molar-refractivity contribution in [1.29, 1.82) is 0 Å². The molecule has 1 fully saturated rings. The van der Waals surface area contributed by atoms with Crippen molar-refractivity contribution >= 4 is 0 Å². The van der Waals surface area contributed by atoms with Crippen LogP contribution in [0.4, 0.5) is 0 Å². The van der Waals surface area contributed by atoms with Crippen LogP contribution in [0.3, 0.4) is 0 Å². The summed E-state index contributed by atoms with van der Waals surface area (Å²) >= 11 is 0. The number of likely N-dealkylation sites (N-methyl/N-ethyl adjacent to an activating group) is 1. The largest absolute Gasteiger partial charge is 0.383 e. The van der Waals surface area contributed by atoms with Crippen LogP contribution in [0.2, 0.25) is 0 Å². The van der Waals surface area contributed by atoms with Gasteiger partial charge in [0.1, 0.15) is 0 Å². The van der Waals surface area contributed by atoms with E-state index in [4.69, 9.17) is 4.74 Å². The third kappa shape index (κ3) is 6.24. The Bertz CT molecular complexity index is 225.